The Bertz CT molecular complexity index is 386. The van der Waals surface area contributed by atoms with Crippen LogP contribution < -0.4 is 10.6 Å². The average molecular weight is 209 g/mol. The summed E-state index contributed by atoms with van der Waals surface area (Å²) in [5.41, 5.74) is 0. The van der Waals surface area contributed by atoms with Crippen LogP contribution in [0.1, 0.15) is 6.92 Å². The Hall–Kier alpha value is -1.76. The molecule has 0 spiro atoms. The zero-order chi connectivity index (χ0) is 11.0. The van der Waals surface area contributed by atoms with Crippen molar-refractivity contribution in [3.63, 3.8) is 0 Å². The summed E-state index contributed by atoms with van der Waals surface area (Å²) in [6.45, 7) is 1.90. The highest BCUT2D eigenvalue weighted by Crippen LogP contribution is 2.09. The van der Waals surface area contributed by atoms with Crippen molar-refractivity contribution in [3.05, 3.63) is 0 Å². The van der Waals surface area contributed by atoms with Gasteiger partial charge in [-0.25, -0.2) is 0 Å². The smallest absolute Gasteiger partial charge is 0.273 e. The minimum Gasteiger partial charge on any atom is -0.348 e. The number of rotatable bonds is 0. The maximum absolute atomic E-state index is 11.5. The van der Waals surface area contributed by atoms with Crippen molar-refractivity contribution >= 4 is 23.6 Å². The number of carbonyl (C=O) groups is 2. The molecule has 0 radical (unpaired) electrons. The first-order chi connectivity index (χ1) is 7.08. The third-order valence-corrected chi connectivity index (χ3v) is 2.15. The largest absolute Gasteiger partial charge is 0.348 e. The fourth-order valence-corrected chi connectivity index (χ4v) is 1.48. The molecule has 2 rings (SSSR count). The maximum Gasteiger partial charge on any atom is 0.273 e. The van der Waals surface area contributed by atoms with E-state index in [0.29, 0.717) is 12.5 Å². The van der Waals surface area contributed by atoms with Gasteiger partial charge in [0.05, 0.1) is 6.67 Å². The Labute approximate surface area is 86.3 Å². The minimum absolute atomic E-state index is 0.0642. The van der Waals surface area contributed by atoms with Crippen LogP contribution in [0.2, 0.25) is 0 Å². The van der Waals surface area contributed by atoms with Gasteiger partial charge in [0.2, 0.25) is 11.9 Å². The summed E-state index contributed by atoms with van der Waals surface area (Å²) < 4.78 is 0. The van der Waals surface area contributed by atoms with Crippen LogP contribution in [0.3, 0.4) is 0 Å². The van der Waals surface area contributed by atoms with Gasteiger partial charge in [0.1, 0.15) is 11.9 Å². The van der Waals surface area contributed by atoms with Crippen LogP contribution in [0.5, 0.6) is 0 Å². The lowest BCUT2D eigenvalue weighted by molar-refractivity contribution is -0.118. The third kappa shape index (κ3) is 1.73. The molecule has 1 fully saturated rings. The van der Waals surface area contributed by atoms with Crippen LogP contribution in [-0.2, 0) is 9.59 Å². The summed E-state index contributed by atoms with van der Waals surface area (Å²) >= 11 is 0. The third-order valence-electron chi connectivity index (χ3n) is 2.15. The summed E-state index contributed by atoms with van der Waals surface area (Å²) in [5.74, 6) is 0.0408. The van der Waals surface area contributed by atoms with E-state index in [1.54, 1.807) is 4.90 Å². The molecule has 0 aromatic carbocycles. The molecule has 15 heavy (non-hydrogen) atoms. The van der Waals surface area contributed by atoms with Crippen molar-refractivity contribution < 1.29 is 9.59 Å². The molecule has 2 N–H and O–H groups in total. The van der Waals surface area contributed by atoms with Crippen molar-refractivity contribution in [1.82, 2.24) is 15.5 Å². The number of carbonyl (C=O) groups excluding carboxylic acids is 2. The molecule has 0 saturated carbocycles. The number of hydrogen-bond acceptors (Lipinski definition) is 5. The van der Waals surface area contributed by atoms with Crippen molar-refractivity contribution in [2.24, 2.45) is 9.98 Å². The first-order valence-electron chi connectivity index (χ1n) is 4.51. The summed E-state index contributed by atoms with van der Waals surface area (Å²) in [5, 5.41) is 5.35. The van der Waals surface area contributed by atoms with Gasteiger partial charge in [0, 0.05) is 14.0 Å². The van der Waals surface area contributed by atoms with Crippen LogP contribution in [0.4, 0.5) is 0 Å². The van der Waals surface area contributed by atoms with E-state index in [9.17, 15) is 9.59 Å². The van der Waals surface area contributed by atoms with E-state index in [1.807, 2.05) is 7.05 Å². The van der Waals surface area contributed by atoms with Crippen LogP contribution in [0.25, 0.3) is 0 Å². The molecule has 2 heterocycles. The molecule has 2 amide bonds. The lowest BCUT2D eigenvalue weighted by Crippen LogP contribution is -2.43. The SMILES string of the molecule is CC(=O)NC1=NC(=O)C2NCN(C)C2=N1. The number of amidine groups is 1. The van der Waals surface area contributed by atoms with E-state index in [-0.39, 0.29) is 17.8 Å². The highest BCUT2D eigenvalue weighted by molar-refractivity contribution is 6.19. The topological polar surface area (TPSA) is 86.2 Å². The predicted molar refractivity (Wildman–Crippen MR) is 53.2 cm³/mol. The Balaban J connectivity index is 2.26. The molecule has 0 aromatic rings. The van der Waals surface area contributed by atoms with Crippen molar-refractivity contribution in [1.29, 1.82) is 0 Å². The predicted octanol–water partition coefficient (Wildman–Crippen LogP) is -1.72. The van der Waals surface area contributed by atoms with Crippen LogP contribution in [-0.4, -0.2) is 48.3 Å². The summed E-state index contributed by atoms with van der Waals surface area (Å²) in [6.07, 6.45) is 0. The molecule has 1 unspecified atom stereocenters. The second-order valence-corrected chi connectivity index (χ2v) is 3.42. The second kappa shape index (κ2) is 3.43. The van der Waals surface area contributed by atoms with E-state index in [0.717, 1.165) is 0 Å². The van der Waals surface area contributed by atoms with Gasteiger partial charge in [-0.3, -0.25) is 20.2 Å². The number of amides is 2. The van der Waals surface area contributed by atoms with Crippen molar-refractivity contribution in [2.45, 2.75) is 13.0 Å². The molecule has 7 nitrogen and oxygen atoms in total. The summed E-state index contributed by atoms with van der Waals surface area (Å²) in [6, 6.07) is -0.465. The first kappa shape index (κ1) is 9.78. The summed E-state index contributed by atoms with van der Waals surface area (Å²) in [4.78, 5) is 31.9. The molecule has 7 heteroatoms. The molecule has 0 aliphatic carbocycles. The molecule has 0 aromatic heterocycles. The van der Waals surface area contributed by atoms with E-state index in [2.05, 4.69) is 20.6 Å². The Kier molecular flexibility index (Phi) is 2.24. The minimum atomic E-state index is -0.465. The van der Waals surface area contributed by atoms with Crippen molar-refractivity contribution in [3.8, 4) is 0 Å². The van der Waals surface area contributed by atoms with Gasteiger partial charge in [-0.1, -0.05) is 0 Å². The molecule has 0 bridgehead atoms. The Morgan fingerprint density at radius 1 is 1.60 bits per heavy atom. The first-order valence-corrected chi connectivity index (χ1v) is 4.51. The van der Waals surface area contributed by atoms with Gasteiger partial charge in [0.25, 0.3) is 5.91 Å². The number of fused-ring (bicyclic) bond motifs is 1. The zero-order valence-electron chi connectivity index (χ0n) is 8.44. The van der Waals surface area contributed by atoms with Crippen LogP contribution >= 0.6 is 0 Å². The maximum atomic E-state index is 11.5. The molecule has 2 aliphatic rings. The Morgan fingerprint density at radius 2 is 2.33 bits per heavy atom. The lowest BCUT2D eigenvalue weighted by atomic mass is 10.2. The van der Waals surface area contributed by atoms with E-state index < -0.39 is 6.04 Å². The number of nitrogens with one attached hydrogen (secondary N) is 2. The number of aliphatic imine (C=N–C) groups is 2. The fourth-order valence-electron chi connectivity index (χ4n) is 1.48. The lowest BCUT2D eigenvalue weighted by Gasteiger charge is -2.16. The Morgan fingerprint density at radius 3 is 3.00 bits per heavy atom. The summed E-state index contributed by atoms with van der Waals surface area (Å²) in [7, 11) is 1.82. The molecular formula is C8H11N5O2. The monoisotopic (exact) mass is 209 g/mol. The van der Waals surface area contributed by atoms with Gasteiger partial charge in [-0.15, -0.1) is 0 Å². The molecule has 1 atom stereocenters. The van der Waals surface area contributed by atoms with Gasteiger partial charge in [-0.05, 0) is 0 Å². The quantitative estimate of drug-likeness (QED) is 0.497. The van der Waals surface area contributed by atoms with Crippen LogP contribution in [0, 0.1) is 0 Å². The van der Waals surface area contributed by atoms with Crippen LogP contribution in [0.15, 0.2) is 9.98 Å². The van der Waals surface area contributed by atoms with Gasteiger partial charge >= 0.3 is 0 Å². The fraction of sp³-hybridized carbons (Fsp3) is 0.500. The average Bonchev–Trinajstić information content (AvgIpc) is 2.47. The van der Waals surface area contributed by atoms with E-state index in [4.69, 9.17) is 0 Å². The number of hydrogen-bond donors (Lipinski definition) is 2. The van der Waals surface area contributed by atoms with Crippen molar-refractivity contribution in [2.75, 3.05) is 13.7 Å². The number of nitrogens with zero attached hydrogens (tertiary/aromatic N) is 3. The molecule has 2 aliphatic heterocycles. The van der Waals surface area contributed by atoms with E-state index in [1.165, 1.54) is 6.92 Å². The second-order valence-electron chi connectivity index (χ2n) is 3.42. The highest BCUT2D eigenvalue weighted by Gasteiger charge is 2.35. The molecular weight excluding hydrogens is 198 g/mol. The zero-order valence-corrected chi connectivity index (χ0v) is 8.44. The van der Waals surface area contributed by atoms with E-state index >= 15 is 0 Å². The number of likely N-dealkylation sites (N-methyl/N-ethyl adjacent to an activating group) is 1. The standard InChI is InChI=1S/C8H11N5O2/c1-4(14)10-8-11-6-5(7(15)12-8)9-3-13(6)2/h5,9H,3H2,1-2H3,(H,10,12,14,15). The normalized spacial score (nSPS) is 24.5. The molecule has 1 saturated heterocycles. The van der Waals surface area contributed by atoms with Gasteiger partial charge in [-0.2, -0.15) is 9.98 Å². The highest BCUT2D eigenvalue weighted by atomic mass is 16.2. The molecule has 80 valence electrons. The number of guanidine groups is 1. The van der Waals surface area contributed by atoms with Gasteiger partial charge < -0.3 is 4.90 Å². The van der Waals surface area contributed by atoms with Gasteiger partial charge in [0.15, 0.2) is 0 Å².